The van der Waals surface area contributed by atoms with Crippen LogP contribution in [0.4, 0.5) is 5.69 Å². The Labute approximate surface area is 160 Å². The summed E-state index contributed by atoms with van der Waals surface area (Å²) in [7, 11) is 0. The number of carbonyl (C=O) groups is 3. The molecule has 27 heavy (non-hydrogen) atoms. The topological polar surface area (TPSA) is 75.3 Å². The molecule has 4 fully saturated rings. The number of ketones is 1. The minimum absolute atomic E-state index is 0.0334. The van der Waals surface area contributed by atoms with Gasteiger partial charge in [0.1, 0.15) is 0 Å². The first kappa shape index (κ1) is 18.2. The van der Waals surface area contributed by atoms with Crippen LogP contribution in [-0.4, -0.2) is 24.1 Å². The zero-order valence-electron chi connectivity index (χ0n) is 15.9. The van der Waals surface area contributed by atoms with Crippen molar-refractivity contribution < 1.29 is 14.4 Å². The van der Waals surface area contributed by atoms with Crippen molar-refractivity contribution in [3.05, 3.63) is 29.8 Å². The van der Waals surface area contributed by atoms with Crippen LogP contribution in [0.3, 0.4) is 0 Å². The summed E-state index contributed by atoms with van der Waals surface area (Å²) in [5.74, 6) is 2.18. The molecule has 4 bridgehead atoms. The molecule has 0 heterocycles. The summed E-state index contributed by atoms with van der Waals surface area (Å²) in [6.45, 7) is 1.86. The highest BCUT2D eigenvalue weighted by Crippen LogP contribution is 2.60. The predicted octanol–water partition coefficient (Wildman–Crippen LogP) is 3.55. The molecule has 5 nitrogen and oxygen atoms in total. The Hall–Kier alpha value is -2.17. The van der Waals surface area contributed by atoms with E-state index in [1.54, 1.807) is 24.3 Å². The molecule has 1 aromatic carbocycles. The first-order valence-corrected chi connectivity index (χ1v) is 10.1. The van der Waals surface area contributed by atoms with Gasteiger partial charge in [0.25, 0.3) is 0 Å². The lowest BCUT2D eigenvalue weighted by molar-refractivity contribution is -0.146. The van der Waals surface area contributed by atoms with Crippen LogP contribution in [0.5, 0.6) is 0 Å². The van der Waals surface area contributed by atoms with Crippen molar-refractivity contribution in [3.63, 3.8) is 0 Å². The first-order chi connectivity index (χ1) is 12.9. The molecule has 2 amide bonds. The number of rotatable bonds is 6. The quantitative estimate of drug-likeness (QED) is 0.754. The Morgan fingerprint density at radius 2 is 1.67 bits per heavy atom. The van der Waals surface area contributed by atoms with E-state index in [1.165, 1.54) is 26.2 Å². The molecule has 0 aromatic heterocycles. The molecule has 5 heteroatoms. The van der Waals surface area contributed by atoms with Gasteiger partial charge in [-0.15, -0.1) is 0 Å². The third-order valence-corrected chi connectivity index (χ3v) is 6.71. The van der Waals surface area contributed by atoms with E-state index < -0.39 is 0 Å². The Bertz CT molecular complexity index is 735. The minimum Gasteiger partial charge on any atom is -0.355 e. The van der Waals surface area contributed by atoms with Gasteiger partial charge in [-0.2, -0.15) is 0 Å². The summed E-state index contributed by atoms with van der Waals surface area (Å²) in [5, 5.41) is 5.84. The average molecular weight is 368 g/mol. The third-order valence-electron chi connectivity index (χ3n) is 6.71. The number of Topliss-reactive ketones (excluding diaryl/α,β-unsaturated/α-hetero) is 1. The molecule has 0 unspecified atom stereocenters. The Kier molecular flexibility index (Phi) is 4.79. The van der Waals surface area contributed by atoms with Crippen molar-refractivity contribution in [2.75, 3.05) is 11.9 Å². The number of hydrogen-bond donors (Lipinski definition) is 2. The molecule has 4 saturated carbocycles. The van der Waals surface area contributed by atoms with E-state index in [2.05, 4.69) is 10.6 Å². The van der Waals surface area contributed by atoms with E-state index in [-0.39, 0.29) is 29.4 Å². The molecule has 0 aliphatic heterocycles. The second-order valence-corrected chi connectivity index (χ2v) is 8.89. The van der Waals surface area contributed by atoms with Crippen LogP contribution < -0.4 is 10.6 Å². The van der Waals surface area contributed by atoms with Crippen LogP contribution >= 0.6 is 0 Å². The second kappa shape index (κ2) is 7.10. The van der Waals surface area contributed by atoms with Gasteiger partial charge < -0.3 is 10.6 Å². The SMILES string of the molecule is CC(=O)c1cccc(NC(=O)CCNC(=O)C23CC4CC(CC(C4)C2)C3)c1. The number of benzene rings is 1. The molecule has 0 saturated heterocycles. The van der Waals surface area contributed by atoms with Crippen molar-refractivity contribution in [2.45, 2.75) is 51.9 Å². The Balaban J connectivity index is 1.27. The van der Waals surface area contributed by atoms with Gasteiger partial charge in [-0.05, 0) is 75.3 Å². The summed E-state index contributed by atoms with van der Waals surface area (Å²) >= 11 is 0. The normalized spacial score (nSPS) is 30.8. The summed E-state index contributed by atoms with van der Waals surface area (Å²) < 4.78 is 0. The number of nitrogens with one attached hydrogen (secondary N) is 2. The number of anilines is 1. The van der Waals surface area contributed by atoms with Gasteiger partial charge in [-0.25, -0.2) is 0 Å². The van der Waals surface area contributed by atoms with Crippen LogP contribution in [0.25, 0.3) is 0 Å². The van der Waals surface area contributed by atoms with Crippen LogP contribution in [0.15, 0.2) is 24.3 Å². The van der Waals surface area contributed by atoms with Crippen molar-refractivity contribution in [3.8, 4) is 0 Å². The van der Waals surface area contributed by atoms with E-state index >= 15 is 0 Å². The lowest BCUT2D eigenvalue weighted by Crippen LogP contribution is -2.53. The van der Waals surface area contributed by atoms with Crippen molar-refractivity contribution >= 4 is 23.3 Å². The van der Waals surface area contributed by atoms with E-state index in [4.69, 9.17) is 0 Å². The van der Waals surface area contributed by atoms with E-state index in [0.717, 1.165) is 37.0 Å². The molecule has 0 atom stereocenters. The molecular formula is C22H28N2O3. The smallest absolute Gasteiger partial charge is 0.226 e. The molecule has 4 aliphatic carbocycles. The molecule has 5 rings (SSSR count). The van der Waals surface area contributed by atoms with Gasteiger partial charge in [0.05, 0.1) is 0 Å². The Morgan fingerprint density at radius 1 is 1.04 bits per heavy atom. The van der Waals surface area contributed by atoms with Crippen LogP contribution in [0.2, 0.25) is 0 Å². The summed E-state index contributed by atoms with van der Waals surface area (Å²) in [4.78, 5) is 36.5. The highest BCUT2D eigenvalue weighted by molar-refractivity contribution is 5.97. The van der Waals surface area contributed by atoms with Crippen molar-refractivity contribution in [1.82, 2.24) is 5.32 Å². The zero-order chi connectivity index (χ0) is 19.0. The first-order valence-electron chi connectivity index (χ1n) is 10.1. The molecule has 144 valence electrons. The van der Waals surface area contributed by atoms with Gasteiger partial charge >= 0.3 is 0 Å². The van der Waals surface area contributed by atoms with Gasteiger partial charge in [-0.1, -0.05) is 12.1 Å². The monoisotopic (exact) mass is 368 g/mol. The van der Waals surface area contributed by atoms with Gasteiger partial charge in [0.15, 0.2) is 5.78 Å². The fourth-order valence-corrected chi connectivity index (χ4v) is 5.91. The molecule has 2 N–H and O–H groups in total. The van der Waals surface area contributed by atoms with Crippen molar-refractivity contribution in [2.24, 2.45) is 23.2 Å². The lowest BCUT2D eigenvalue weighted by atomic mass is 9.49. The van der Waals surface area contributed by atoms with Gasteiger partial charge in [0.2, 0.25) is 11.8 Å². The van der Waals surface area contributed by atoms with Crippen LogP contribution in [0, 0.1) is 23.2 Å². The molecule has 0 radical (unpaired) electrons. The highest BCUT2D eigenvalue weighted by atomic mass is 16.2. The molecule has 4 aliphatic rings. The van der Waals surface area contributed by atoms with Crippen molar-refractivity contribution in [1.29, 1.82) is 0 Å². The minimum atomic E-state index is -0.166. The average Bonchev–Trinajstić information content (AvgIpc) is 2.60. The maximum atomic E-state index is 12.9. The zero-order valence-corrected chi connectivity index (χ0v) is 15.9. The standard InChI is InChI=1S/C22H28N2O3/c1-14(25)18-3-2-4-19(10-18)24-20(26)5-6-23-21(27)22-11-15-7-16(12-22)9-17(8-15)13-22/h2-4,10,15-17H,5-9,11-13H2,1H3,(H,23,27)(H,24,26). The van der Waals surface area contributed by atoms with Gasteiger partial charge in [-0.3, -0.25) is 14.4 Å². The summed E-state index contributed by atoms with van der Waals surface area (Å²) in [6.07, 6.45) is 7.29. The number of hydrogen-bond acceptors (Lipinski definition) is 3. The van der Waals surface area contributed by atoms with E-state index in [9.17, 15) is 14.4 Å². The van der Waals surface area contributed by atoms with Gasteiger partial charge in [0, 0.05) is 29.6 Å². The summed E-state index contributed by atoms with van der Waals surface area (Å²) in [5.41, 5.74) is 1.02. The summed E-state index contributed by atoms with van der Waals surface area (Å²) in [6, 6.07) is 6.91. The van der Waals surface area contributed by atoms with E-state index in [0.29, 0.717) is 17.8 Å². The fraction of sp³-hybridized carbons (Fsp3) is 0.591. The number of amides is 2. The molecule has 0 spiro atoms. The Morgan fingerprint density at radius 3 is 2.26 bits per heavy atom. The highest BCUT2D eigenvalue weighted by Gasteiger charge is 2.54. The number of carbonyl (C=O) groups excluding carboxylic acids is 3. The van der Waals surface area contributed by atoms with E-state index in [1.807, 2.05) is 0 Å². The maximum absolute atomic E-state index is 12.9. The maximum Gasteiger partial charge on any atom is 0.226 e. The molecule has 1 aromatic rings. The second-order valence-electron chi connectivity index (χ2n) is 8.89. The fourth-order valence-electron chi connectivity index (χ4n) is 5.91. The molecular weight excluding hydrogens is 340 g/mol. The lowest BCUT2D eigenvalue weighted by Gasteiger charge is -2.55. The van der Waals surface area contributed by atoms with Crippen LogP contribution in [0.1, 0.15) is 62.2 Å². The predicted molar refractivity (Wildman–Crippen MR) is 103 cm³/mol. The van der Waals surface area contributed by atoms with Crippen LogP contribution in [-0.2, 0) is 9.59 Å². The largest absolute Gasteiger partial charge is 0.355 e. The third kappa shape index (κ3) is 3.78.